The van der Waals surface area contributed by atoms with Gasteiger partial charge in [0.25, 0.3) is 0 Å². The minimum Gasteiger partial charge on any atom is -0.481 e. The molecule has 0 aromatic heterocycles. The molecular weight excluding hydrogens is 304 g/mol. The molecule has 0 saturated heterocycles. The van der Waals surface area contributed by atoms with Crippen LogP contribution in [0, 0.1) is 0 Å². The van der Waals surface area contributed by atoms with Crippen LogP contribution in [0.1, 0.15) is 84.0 Å². The van der Waals surface area contributed by atoms with E-state index in [1.807, 2.05) is 6.08 Å². The first kappa shape index (κ1) is 20.6. The molecule has 1 atom stereocenters. The summed E-state index contributed by atoms with van der Waals surface area (Å²) in [6, 6.07) is 0. The summed E-state index contributed by atoms with van der Waals surface area (Å²) < 4.78 is 0. The second-order valence-corrected chi connectivity index (χ2v) is 6.67. The monoisotopic (exact) mass is 336 g/mol. The van der Waals surface area contributed by atoms with Gasteiger partial charge in [-0.3, -0.25) is 9.59 Å². The molecule has 0 heterocycles. The van der Waals surface area contributed by atoms with Crippen molar-refractivity contribution in [1.82, 2.24) is 0 Å². The van der Waals surface area contributed by atoms with Crippen LogP contribution in [0.25, 0.3) is 0 Å². The van der Waals surface area contributed by atoms with Crippen LogP contribution in [-0.4, -0.2) is 28.1 Å². The minimum absolute atomic E-state index is 0.207. The summed E-state index contributed by atoms with van der Waals surface area (Å²) in [7, 11) is 0. The maximum atomic E-state index is 12.0. The van der Waals surface area contributed by atoms with Crippen LogP contribution in [0.2, 0.25) is 0 Å². The lowest BCUT2D eigenvalue weighted by Gasteiger charge is -2.06. The molecule has 4 heteroatoms. The van der Waals surface area contributed by atoms with Gasteiger partial charge in [0.05, 0.1) is 6.10 Å². The molecule has 1 rings (SSSR count). The topological polar surface area (TPSA) is 74.6 Å². The number of aliphatic hydroxyl groups is 1. The highest BCUT2D eigenvalue weighted by molar-refractivity contribution is 6.01. The zero-order valence-electron chi connectivity index (χ0n) is 14.9. The largest absolute Gasteiger partial charge is 0.481 e. The third-order valence-electron chi connectivity index (χ3n) is 4.54. The van der Waals surface area contributed by atoms with Crippen molar-refractivity contribution in [3.8, 4) is 0 Å². The molecule has 0 bridgehead atoms. The van der Waals surface area contributed by atoms with Crippen LogP contribution < -0.4 is 0 Å². The lowest BCUT2D eigenvalue weighted by atomic mass is 10.0. The molecule has 136 valence electrons. The molecule has 0 radical (unpaired) electrons. The summed E-state index contributed by atoms with van der Waals surface area (Å²) in [6.07, 6.45) is 13.3. The number of unbranched alkanes of at least 4 members (excludes halogenated alkanes) is 5. The van der Waals surface area contributed by atoms with E-state index in [2.05, 4.69) is 6.92 Å². The number of allylic oxidation sites excluding steroid dienone is 3. The lowest BCUT2D eigenvalue weighted by molar-refractivity contribution is -0.137. The fourth-order valence-corrected chi connectivity index (χ4v) is 3.08. The molecule has 0 aromatic carbocycles. The van der Waals surface area contributed by atoms with E-state index < -0.39 is 12.1 Å². The maximum Gasteiger partial charge on any atom is 0.303 e. The Hall–Kier alpha value is -1.42. The van der Waals surface area contributed by atoms with Crippen LogP contribution in [0.3, 0.4) is 0 Å². The zero-order valence-corrected chi connectivity index (χ0v) is 14.9. The Balaban J connectivity index is 2.32. The lowest BCUT2D eigenvalue weighted by Crippen LogP contribution is -2.03. The second kappa shape index (κ2) is 12.0. The SMILES string of the molecule is CCCCCC1=C(/C=C/[C@@H](O)CCCCCCC(=O)O)C(=O)CC1. The number of carboxylic acids is 1. The average Bonchev–Trinajstić information content (AvgIpc) is 2.89. The number of Topliss-reactive ketones (excluding diaryl/α,β-unsaturated/α-hetero) is 1. The predicted octanol–water partition coefficient (Wildman–Crippen LogP) is 4.57. The van der Waals surface area contributed by atoms with Crippen LogP contribution in [-0.2, 0) is 9.59 Å². The van der Waals surface area contributed by atoms with Crippen LogP contribution in [0.5, 0.6) is 0 Å². The quantitative estimate of drug-likeness (QED) is 0.483. The minimum atomic E-state index is -0.748. The molecule has 24 heavy (non-hydrogen) atoms. The Morgan fingerprint density at radius 3 is 2.58 bits per heavy atom. The molecule has 0 spiro atoms. The molecule has 0 unspecified atom stereocenters. The van der Waals surface area contributed by atoms with E-state index in [1.54, 1.807) is 6.08 Å². The second-order valence-electron chi connectivity index (χ2n) is 6.67. The van der Waals surface area contributed by atoms with Crippen molar-refractivity contribution in [2.75, 3.05) is 0 Å². The highest BCUT2D eigenvalue weighted by atomic mass is 16.4. The number of carbonyl (C=O) groups excluding carboxylic acids is 1. The number of rotatable bonds is 13. The first-order chi connectivity index (χ1) is 11.5. The third kappa shape index (κ3) is 8.44. The van der Waals surface area contributed by atoms with E-state index in [4.69, 9.17) is 5.11 Å². The van der Waals surface area contributed by atoms with Gasteiger partial charge in [-0.25, -0.2) is 0 Å². The summed E-state index contributed by atoms with van der Waals surface area (Å²) >= 11 is 0. The Morgan fingerprint density at radius 1 is 1.12 bits per heavy atom. The van der Waals surface area contributed by atoms with E-state index in [-0.39, 0.29) is 12.2 Å². The molecule has 0 aliphatic heterocycles. The fraction of sp³-hybridized carbons (Fsp3) is 0.700. The van der Waals surface area contributed by atoms with Gasteiger partial charge in [-0.1, -0.05) is 56.8 Å². The van der Waals surface area contributed by atoms with Crippen molar-refractivity contribution in [3.63, 3.8) is 0 Å². The Bertz CT molecular complexity index is 462. The molecule has 1 aliphatic carbocycles. The maximum absolute atomic E-state index is 12.0. The van der Waals surface area contributed by atoms with Gasteiger partial charge >= 0.3 is 5.97 Å². The number of hydrogen-bond acceptors (Lipinski definition) is 3. The van der Waals surface area contributed by atoms with E-state index in [1.165, 1.54) is 18.4 Å². The van der Waals surface area contributed by atoms with Crippen molar-refractivity contribution in [2.24, 2.45) is 0 Å². The first-order valence-corrected chi connectivity index (χ1v) is 9.37. The number of ketones is 1. The molecule has 1 aliphatic rings. The summed E-state index contributed by atoms with van der Waals surface area (Å²) in [6.45, 7) is 2.17. The van der Waals surface area contributed by atoms with Gasteiger partial charge in [0.1, 0.15) is 0 Å². The Morgan fingerprint density at radius 2 is 1.88 bits per heavy atom. The molecule has 0 aromatic rings. The van der Waals surface area contributed by atoms with E-state index in [9.17, 15) is 14.7 Å². The summed E-state index contributed by atoms with van der Waals surface area (Å²) in [4.78, 5) is 22.4. The number of hydrogen-bond donors (Lipinski definition) is 2. The predicted molar refractivity (Wildman–Crippen MR) is 95.9 cm³/mol. The molecule has 0 fully saturated rings. The van der Waals surface area contributed by atoms with Gasteiger partial charge in [-0.15, -0.1) is 0 Å². The van der Waals surface area contributed by atoms with Gasteiger partial charge in [-0.2, -0.15) is 0 Å². The van der Waals surface area contributed by atoms with Crippen LogP contribution in [0.4, 0.5) is 0 Å². The van der Waals surface area contributed by atoms with Crippen LogP contribution >= 0.6 is 0 Å². The van der Waals surface area contributed by atoms with Crippen molar-refractivity contribution >= 4 is 11.8 Å². The van der Waals surface area contributed by atoms with Crippen molar-refractivity contribution in [3.05, 3.63) is 23.3 Å². The van der Waals surface area contributed by atoms with E-state index in [0.29, 0.717) is 19.3 Å². The van der Waals surface area contributed by atoms with E-state index in [0.717, 1.165) is 44.1 Å². The molecular formula is C20H32O4. The zero-order chi connectivity index (χ0) is 17.8. The molecule has 4 nitrogen and oxygen atoms in total. The van der Waals surface area contributed by atoms with Crippen molar-refractivity contribution < 1.29 is 19.8 Å². The summed E-state index contributed by atoms with van der Waals surface area (Å²) in [5.41, 5.74) is 2.08. The van der Waals surface area contributed by atoms with Gasteiger partial charge in [-0.05, 0) is 32.1 Å². The Kier molecular flexibility index (Phi) is 10.3. The first-order valence-electron chi connectivity index (χ1n) is 9.37. The van der Waals surface area contributed by atoms with Crippen LogP contribution in [0.15, 0.2) is 23.3 Å². The number of aliphatic hydroxyl groups excluding tert-OH is 1. The summed E-state index contributed by atoms with van der Waals surface area (Å²) in [5, 5.41) is 18.6. The fourth-order valence-electron chi connectivity index (χ4n) is 3.08. The standard InChI is InChI=1S/C20H32O4/c1-2-3-6-9-16-12-15-19(22)18(16)14-13-17(21)10-7-4-5-8-11-20(23)24/h13-14,17,21H,2-12,15H2,1H3,(H,23,24)/b14-13+/t17-/m0/s1. The number of carboxylic acid groups (broad SMARTS) is 1. The Labute approximate surface area is 145 Å². The molecule has 0 saturated carbocycles. The molecule has 0 amide bonds. The number of aliphatic carboxylic acids is 1. The average molecular weight is 336 g/mol. The third-order valence-corrected chi connectivity index (χ3v) is 4.54. The number of carbonyl (C=O) groups is 2. The van der Waals surface area contributed by atoms with Gasteiger partial charge < -0.3 is 10.2 Å². The highest BCUT2D eigenvalue weighted by Gasteiger charge is 2.20. The van der Waals surface area contributed by atoms with Gasteiger partial charge in [0.15, 0.2) is 5.78 Å². The van der Waals surface area contributed by atoms with E-state index >= 15 is 0 Å². The van der Waals surface area contributed by atoms with Gasteiger partial charge in [0.2, 0.25) is 0 Å². The van der Waals surface area contributed by atoms with Gasteiger partial charge in [0, 0.05) is 18.4 Å². The smallest absolute Gasteiger partial charge is 0.303 e. The highest BCUT2D eigenvalue weighted by Crippen LogP contribution is 2.28. The normalized spacial score (nSPS) is 16.3. The summed E-state index contributed by atoms with van der Waals surface area (Å²) in [5.74, 6) is -0.541. The van der Waals surface area contributed by atoms with Crippen molar-refractivity contribution in [1.29, 1.82) is 0 Å². The van der Waals surface area contributed by atoms with Crippen molar-refractivity contribution in [2.45, 2.75) is 90.1 Å². The molecule has 2 N–H and O–H groups in total.